The molecule has 0 amide bonds. The molecule has 0 aliphatic rings. The van der Waals surface area contributed by atoms with Crippen molar-refractivity contribution in [3.8, 4) is 0 Å². The smallest absolute Gasteiger partial charge is 1.00 e. The first kappa shape index (κ1) is 15.8. The van der Waals surface area contributed by atoms with Crippen molar-refractivity contribution in [2.75, 3.05) is 0 Å². The zero-order chi connectivity index (χ0) is 3.58. The van der Waals surface area contributed by atoms with E-state index < -0.39 is 6.16 Å². The van der Waals surface area contributed by atoms with Gasteiger partial charge in [0.2, 0.25) is 0 Å². The van der Waals surface area contributed by atoms with Crippen molar-refractivity contribution in [2.45, 2.75) is 0 Å². The van der Waals surface area contributed by atoms with Gasteiger partial charge in [0.25, 0.3) is 0 Å². The molecule has 0 rings (SSSR count). The van der Waals surface area contributed by atoms with Crippen LogP contribution in [0.1, 0.15) is 1.43 Å². The summed E-state index contributed by atoms with van der Waals surface area (Å²) in [6, 6.07) is 0. The summed E-state index contributed by atoms with van der Waals surface area (Å²) >= 11 is 0. The zero-order valence-electron chi connectivity index (χ0n) is 4.51. The molecular weight excluding hydrogens is 148 g/mol. The van der Waals surface area contributed by atoms with Gasteiger partial charge in [-0.3, -0.25) is 0 Å². The number of hydrogen-bond donors (Lipinski definition) is 2. The molecule has 0 aromatic carbocycles. The monoisotopic (exact) mass is 150 g/mol. The fraction of sp³-hybridized carbons (Fsp3) is 0. The Bertz CT molecular complexity index is 37.9. The molecule has 0 aliphatic carbocycles. The van der Waals surface area contributed by atoms with Crippen LogP contribution in [0, 0.1) is 0 Å². The van der Waals surface area contributed by atoms with Gasteiger partial charge in [-0.05, 0) is 0 Å². The second kappa shape index (κ2) is 9.31. The number of rotatable bonds is 0. The van der Waals surface area contributed by atoms with Gasteiger partial charge in [0.1, 0.15) is 0 Å². The molecule has 0 aromatic heterocycles. The van der Waals surface area contributed by atoms with Gasteiger partial charge in [-0.2, -0.15) is 0 Å². The molecule has 0 radical (unpaired) electrons. The Morgan fingerprint density at radius 1 is 1.50 bits per heavy atom. The first-order valence-corrected chi connectivity index (χ1v) is 0.651. The zero-order valence-corrected chi connectivity index (χ0v) is 8.48. The molecule has 0 spiro atoms. The summed E-state index contributed by atoms with van der Waals surface area (Å²) in [5.74, 6) is 0. The third kappa shape index (κ3) is 92.9. The Balaban J connectivity index is -0.0000000150. The summed E-state index contributed by atoms with van der Waals surface area (Å²) in [5, 5.41) is 13.9. The van der Waals surface area contributed by atoms with Crippen LogP contribution in [0.3, 0.4) is 0 Å². The molecule has 0 bridgehead atoms. The predicted octanol–water partition coefficient (Wildman–Crippen LogP) is -2.66. The van der Waals surface area contributed by atoms with Gasteiger partial charge in [-0.1, -0.05) is 0 Å². The van der Waals surface area contributed by atoms with Crippen LogP contribution in [0.25, 0.3) is 0 Å². The summed E-state index contributed by atoms with van der Waals surface area (Å²) in [4.78, 5) is 8.56. The number of carbonyl (C=O) groups is 1. The van der Waals surface area contributed by atoms with Gasteiger partial charge >= 0.3 is 35.7 Å². The van der Waals surface area contributed by atoms with E-state index in [1.807, 2.05) is 0 Å². The minimum absolute atomic E-state index is 0. The van der Waals surface area contributed by atoms with Gasteiger partial charge in [0.15, 0.2) is 0 Å². The van der Waals surface area contributed by atoms with E-state index in [1.54, 1.807) is 0 Å². The molecule has 6 heavy (non-hydrogen) atoms. The fourth-order valence-corrected chi connectivity index (χ4v) is 0. The first-order valence-electron chi connectivity index (χ1n) is 0.651. The van der Waals surface area contributed by atoms with Gasteiger partial charge in [-0.25, -0.2) is 4.79 Å². The van der Waals surface area contributed by atoms with Crippen molar-refractivity contribution >= 4 is 6.16 Å². The third-order valence-corrected chi connectivity index (χ3v) is 0. The maximum atomic E-state index is 8.56. The summed E-state index contributed by atoms with van der Waals surface area (Å²) in [6.07, 6.45) is -1.83. The van der Waals surface area contributed by atoms with Crippen molar-refractivity contribution in [3.63, 3.8) is 0 Å². The van der Waals surface area contributed by atoms with Crippen LogP contribution >= 0.6 is 0 Å². The topological polar surface area (TPSA) is 57.5 Å². The van der Waals surface area contributed by atoms with Gasteiger partial charge in [0, 0.05) is 19.5 Å². The summed E-state index contributed by atoms with van der Waals surface area (Å²) in [5.41, 5.74) is 0. The van der Waals surface area contributed by atoms with Gasteiger partial charge in [-0.15, -0.1) is 0 Å². The molecule has 2 N–H and O–H groups in total. The standard InChI is InChI=1S/CH2O3.Na.Zn.H/c2-1(3)4;;;/h(H2,2,3,4);;;/q;+1;;-1. The van der Waals surface area contributed by atoms with E-state index in [1.165, 1.54) is 0 Å². The molecule has 0 aromatic rings. The summed E-state index contributed by atoms with van der Waals surface area (Å²) in [7, 11) is 0. The molecule has 0 heterocycles. The molecule has 0 fully saturated rings. The molecule has 0 saturated carbocycles. The molecule has 0 aliphatic heterocycles. The van der Waals surface area contributed by atoms with Crippen molar-refractivity contribution < 1.29 is 65.5 Å². The second-order valence-corrected chi connectivity index (χ2v) is 0.283. The molecule has 5 heteroatoms. The van der Waals surface area contributed by atoms with Crippen molar-refractivity contribution in [3.05, 3.63) is 0 Å². The van der Waals surface area contributed by atoms with Crippen LogP contribution < -0.4 is 29.6 Å². The van der Waals surface area contributed by atoms with Crippen LogP contribution in [0.2, 0.25) is 0 Å². The largest absolute Gasteiger partial charge is 1.00 e. The molecule has 0 unspecified atom stereocenters. The van der Waals surface area contributed by atoms with E-state index >= 15 is 0 Å². The maximum absolute atomic E-state index is 8.56. The second-order valence-electron chi connectivity index (χ2n) is 0.283. The SMILES string of the molecule is O=C(O)O.[H-].[Na+].[Zn]. The van der Waals surface area contributed by atoms with Crippen LogP contribution in [0.5, 0.6) is 0 Å². The number of carboxylic acid groups (broad SMARTS) is 2. The Morgan fingerprint density at radius 2 is 1.50 bits per heavy atom. The average molecular weight is 151 g/mol. The molecule has 0 atom stereocenters. The third-order valence-electron chi connectivity index (χ3n) is 0. The van der Waals surface area contributed by atoms with E-state index in [-0.39, 0.29) is 50.5 Å². The quantitative estimate of drug-likeness (QED) is 0.372. The summed E-state index contributed by atoms with van der Waals surface area (Å²) < 4.78 is 0. The maximum Gasteiger partial charge on any atom is 1.00 e. The first-order chi connectivity index (χ1) is 1.73. The molecule has 28 valence electrons. The molecule has 0 saturated heterocycles. The Labute approximate surface area is 71.3 Å². The predicted molar refractivity (Wildman–Crippen MR) is 11.8 cm³/mol. The van der Waals surface area contributed by atoms with E-state index in [0.29, 0.717) is 0 Å². The fourth-order valence-electron chi connectivity index (χ4n) is 0. The average Bonchev–Trinajstić information content (AvgIpc) is 0.811. The molecule has 3 nitrogen and oxygen atoms in total. The number of hydrogen-bond acceptors (Lipinski definition) is 1. The molecular formula is CH3NaO3Zn. The van der Waals surface area contributed by atoms with Gasteiger partial charge in [0.05, 0.1) is 0 Å². The van der Waals surface area contributed by atoms with Crippen LogP contribution in [0.4, 0.5) is 4.79 Å². The van der Waals surface area contributed by atoms with E-state index in [0.717, 1.165) is 0 Å². The Morgan fingerprint density at radius 3 is 1.50 bits per heavy atom. The van der Waals surface area contributed by atoms with Crippen molar-refractivity contribution in [2.24, 2.45) is 0 Å². The van der Waals surface area contributed by atoms with Crippen molar-refractivity contribution in [1.82, 2.24) is 0 Å². The summed E-state index contributed by atoms with van der Waals surface area (Å²) in [6.45, 7) is 0. The van der Waals surface area contributed by atoms with Crippen LogP contribution in [-0.2, 0) is 19.5 Å². The minimum atomic E-state index is -1.83. The normalized spacial score (nSPS) is 4.00. The van der Waals surface area contributed by atoms with Crippen LogP contribution in [-0.4, -0.2) is 16.4 Å². The van der Waals surface area contributed by atoms with E-state index in [2.05, 4.69) is 0 Å². The Kier molecular flexibility index (Phi) is 24.5. The van der Waals surface area contributed by atoms with Crippen molar-refractivity contribution in [1.29, 1.82) is 0 Å². The van der Waals surface area contributed by atoms with Crippen LogP contribution in [0.15, 0.2) is 0 Å². The Hall–Kier alpha value is 0.893. The minimum Gasteiger partial charge on any atom is -1.00 e. The van der Waals surface area contributed by atoms with E-state index in [9.17, 15) is 0 Å². The van der Waals surface area contributed by atoms with Gasteiger partial charge < -0.3 is 11.6 Å². The van der Waals surface area contributed by atoms with E-state index in [4.69, 9.17) is 15.0 Å².